The molecule has 0 bridgehead atoms. The van der Waals surface area contributed by atoms with Crippen molar-refractivity contribution in [3.8, 4) is 0 Å². The highest BCUT2D eigenvalue weighted by Gasteiger charge is 2.29. The predicted octanol–water partition coefficient (Wildman–Crippen LogP) is 3.81. The van der Waals surface area contributed by atoms with Crippen LogP contribution in [0.3, 0.4) is 0 Å². The molecule has 1 fully saturated rings. The normalized spacial score (nSPS) is 21.7. The van der Waals surface area contributed by atoms with Gasteiger partial charge in [0.15, 0.2) is 0 Å². The number of rotatable bonds is 5. The number of nitrogens with zero attached hydrogens (tertiary/aromatic N) is 1. The van der Waals surface area contributed by atoms with E-state index in [2.05, 4.69) is 44.8 Å². The van der Waals surface area contributed by atoms with Crippen LogP contribution in [0.15, 0.2) is 0 Å². The highest BCUT2D eigenvalue weighted by molar-refractivity contribution is 7.99. The molecular formula is C14H24N2S2. The molecule has 1 aromatic rings. The summed E-state index contributed by atoms with van der Waals surface area (Å²) < 4.78 is 0. The third-order valence-electron chi connectivity index (χ3n) is 3.46. The number of aryl methyl sites for hydroxylation is 2. The van der Waals surface area contributed by atoms with E-state index < -0.39 is 0 Å². The summed E-state index contributed by atoms with van der Waals surface area (Å²) in [6.07, 6.45) is 2.38. The second-order valence-corrected chi connectivity index (χ2v) is 7.72. The standard InChI is InChI=1S/C14H24N2S2/c1-5-12-10(4)18-14(16-12)13(15-9(2)3)11-6-7-17-8-11/h9,11,13,15H,5-8H2,1-4H3. The molecule has 0 amide bonds. The number of thiazole rings is 1. The first-order valence-corrected chi connectivity index (χ1v) is 8.89. The van der Waals surface area contributed by atoms with E-state index in [0.717, 1.165) is 12.3 Å². The van der Waals surface area contributed by atoms with Gasteiger partial charge in [-0.2, -0.15) is 11.8 Å². The summed E-state index contributed by atoms with van der Waals surface area (Å²) in [6.45, 7) is 8.87. The van der Waals surface area contributed by atoms with Crippen molar-refractivity contribution in [1.82, 2.24) is 10.3 Å². The molecular weight excluding hydrogens is 260 g/mol. The lowest BCUT2D eigenvalue weighted by atomic mass is 9.99. The Morgan fingerprint density at radius 3 is 2.72 bits per heavy atom. The first-order valence-electron chi connectivity index (χ1n) is 6.91. The molecule has 1 aromatic heterocycles. The van der Waals surface area contributed by atoms with Gasteiger partial charge in [0.05, 0.1) is 11.7 Å². The van der Waals surface area contributed by atoms with Crippen molar-refractivity contribution in [2.45, 2.75) is 52.6 Å². The molecule has 2 unspecified atom stereocenters. The van der Waals surface area contributed by atoms with Crippen LogP contribution in [0, 0.1) is 12.8 Å². The molecule has 2 rings (SSSR count). The van der Waals surface area contributed by atoms with Crippen LogP contribution in [0.4, 0.5) is 0 Å². The second-order valence-electron chi connectivity index (χ2n) is 5.33. The van der Waals surface area contributed by atoms with Gasteiger partial charge in [0.2, 0.25) is 0 Å². The number of hydrogen-bond donors (Lipinski definition) is 1. The van der Waals surface area contributed by atoms with E-state index in [1.165, 1.54) is 33.5 Å². The SMILES string of the molecule is CCc1nc(C(NC(C)C)C2CCSC2)sc1C. The van der Waals surface area contributed by atoms with Gasteiger partial charge in [0.1, 0.15) is 5.01 Å². The van der Waals surface area contributed by atoms with Crippen molar-refractivity contribution in [2.75, 3.05) is 11.5 Å². The predicted molar refractivity (Wildman–Crippen MR) is 82.7 cm³/mol. The van der Waals surface area contributed by atoms with Crippen LogP contribution in [0.1, 0.15) is 48.8 Å². The summed E-state index contributed by atoms with van der Waals surface area (Å²) in [7, 11) is 0. The van der Waals surface area contributed by atoms with Gasteiger partial charge >= 0.3 is 0 Å². The average molecular weight is 284 g/mol. The largest absolute Gasteiger partial charge is 0.305 e. The monoisotopic (exact) mass is 284 g/mol. The van der Waals surface area contributed by atoms with E-state index in [0.29, 0.717) is 12.1 Å². The van der Waals surface area contributed by atoms with Crippen molar-refractivity contribution < 1.29 is 0 Å². The minimum absolute atomic E-state index is 0.462. The Labute approximate surface area is 119 Å². The molecule has 1 aliphatic rings. The van der Waals surface area contributed by atoms with Gasteiger partial charge in [0.25, 0.3) is 0 Å². The summed E-state index contributed by atoms with van der Waals surface area (Å²) in [6, 6.07) is 0.985. The second kappa shape index (κ2) is 6.40. The summed E-state index contributed by atoms with van der Waals surface area (Å²) in [5, 5.41) is 5.05. The topological polar surface area (TPSA) is 24.9 Å². The van der Waals surface area contributed by atoms with Gasteiger partial charge in [-0.3, -0.25) is 0 Å². The fraction of sp³-hybridized carbons (Fsp3) is 0.786. The van der Waals surface area contributed by atoms with E-state index >= 15 is 0 Å². The number of hydrogen-bond acceptors (Lipinski definition) is 4. The molecule has 0 aromatic carbocycles. The third kappa shape index (κ3) is 3.28. The van der Waals surface area contributed by atoms with Crippen molar-refractivity contribution in [3.05, 3.63) is 15.6 Å². The van der Waals surface area contributed by atoms with Gasteiger partial charge in [-0.25, -0.2) is 4.98 Å². The molecule has 0 spiro atoms. The van der Waals surface area contributed by atoms with Gasteiger partial charge in [-0.1, -0.05) is 20.8 Å². The first-order chi connectivity index (χ1) is 8.61. The maximum atomic E-state index is 4.87. The van der Waals surface area contributed by atoms with Crippen LogP contribution in [0.2, 0.25) is 0 Å². The lowest BCUT2D eigenvalue weighted by Gasteiger charge is -2.24. The van der Waals surface area contributed by atoms with Gasteiger partial charge in [-0.15, -0.1) is 11.3 Å². The molecule has 0 radical (unpaired) electrons. The molecule has 1 N–H and O–H groups in total. The number of aromatic nitrogens is 1. The van der Waals surface area contributed by atoms with Crippen molar-refractivity contribution in [1.29, 1.82) is 0 Å². The zero-order valence-corrected chi connectivity index (χ0v) is 13.5. The number of nitrogens with one attached hydrogen (secondary N) is 1. The fourth-order valence-corrected chi connectivity index (χ4v) is 4.96. The smallest absolute Gasteiger partial charge is 0.110 e. The lowest BCUT2D eigenvalue weighted by Crippen LogP contribution is -2.33. The molecule has 4 heteroatoms. The summed E-state index contributed by atoms with van der Waals surface area (Å²) in [4.78, 5) is 6.27. The van der Waals surface area contributed by atoms with Gasteiger partial charge in [-0.05, 0) is 37.2 Å². The van der Waals surface area contributed by atoms with E-state index in [1.807, 2.05) is 11.3 Å². The van der Waals surface area contributed by atoms with Crippen LogP contribution < -0.4 is 5.32 Å². The molecule has 0 saturated carbocycles. The lowest BCUT2D eigenvalue weighted by molar-refractivity contribution is 0.364. The highest BCUT2D eigenvalue weighted by Crippen LogP contribution is 2.36. The zero-order valence-electron chi connectivity index (χ0n) is 11.8. The van der Waals surface area contributed by atoms with E-state index in [4.69, 9.17) is 4.98 Å². The molecule has 18 heavy (non-hydrogen) atoms. The van der Waals surface area contributed by atoms with E-state index in [9.17, 15) is 0 Å². The zero-order chi connectivity index (χ0) is 13.1. The van der Waals surface area contributed by atoms with Crippen LogP contribution in [-0.2, 0) is 6.42 Å². The Morgan fingerprint density at radius 2 is 2.22 bits per heavy atom. The van der Waals surface area contributed by atoms with E-state index in [-0.39, 0.29) is 0 Å². The van der Waals surface area contributed by atoms with Crippen LogP contribution in [-0.4, -0.2) is 22.5 Å². The first kappa shape index (κ1) is 14.4. The van der Waals surface area contributed by atoms with Crippen molar-refractivity contribution in [2.24, 2.45) is 5.92 Å². The fourth-order valence-electron chi connectivity index (χ4n) is 2.50. The van der Waals surface area contributed by atoms with Crippen molar-refractivity contribution >= 4 is 23.1 Å². The Bertz CT molecular complexity index is 381. The molecule has 2 heterocycles. The molecule has 1 saturated heterocycles. The van der Waals surface area contributed by atoms with Gasteiger partial charge < -0.3 is 5.32 Å². The minimum Gasteiger partial charge on any atom is -0.305 e. The summed E-state index contributed by atoms with van der Waals surface area (Å²) in [5.74, 6) is 3.35. The minimum atomic E-state index is 0.462. The highest BCUT2D eigenvalue weighted by atomic mass is 32.2. The van der Waals surface area contributed by atoms with Crippen LogP contribution in [0.25, 0.3) is 0 Å². The quantitative estimate of drug-likeness (QED) is 0.890. The Morgan fingerprint density at radius 1 is 1.44 bits per heavy atom. The Hall–Kier alpha value is -0.0600. The van der Waals surface area contributed by atoms with Crippen LogP contribution in [0.5, 0.6) is 0 Å². The summed E-state index contributed by atoms with van der Waals surface area (Å²) in [5.41, 5.74) is 1.29. The molecule has 2 atom stereocenters. The average Bonchev–Trinajstić information content (AvgIpc) is 2.94. The Balaban J connectivity index is 2.20. The molecule has 0 aliphatic carbocycles. The Kier molecular flexibility index (Phi) is 5.10. The maximum absolute atomic E-state index is 4.87. The maximum Gasteiger partial charge on any atom is 0.110 e. The van der Waals surface area contributed by atoms with Crippen molar-refractivity contribution in [3.63, 3.8) is 0 Å². The van der Waals surface area contributed by atoms with Crippen LogP contribution >= 0.6 is 23.1 Å². The summed E-state index contributed by atoms with van der Waals surface area (Å²) >= 11 is 3.98. The van der Waals surface area contributed by atoms with Gasteiger partial charge in [0, 0.05) is 10.9 Å². The molecule has 1 aliphatic heterocycles. The molecule has 2 nitrogen and oxygen atoms in total. The molecule has 102 valence electrons. The van der Waals surface area contributed by atoms with E-state index in [1.54, 1.807) is 0 Å². The number of thioether (sulfide) groups is 1. The third-order valence-corrected chi connectivity index (χ3v) is 5.74.